The molecular formula is C26H33N5O4. The van der Waals surface area contributed by atoms with Crippen molar-refractivity contribution in [3.63, 3.8) is 0 Å². The molecule has 9 heteroatoms. The van der Waals surface area contributed by atoms with Crippen molar-refractivity contribution in [1.82, 2.24) is 24.6 Å². The van der Waals surface area contributed by atoms with Crippen LogP contribution in [0.5, 0.6) is 5.75 Å². The molecule has 186 valence electrons. The molecule has 35 heavy (non-hydrogen) atoms. The zero-order valence-electron chi connectivity index (χ0n) is 21.4. The van der Waals surface area contributed by atoms with Crippen molar-refractivity contribution in [3.8, 4) is 5.75 Å². The molecule has 0 fully saturated rings. The normalized spacial score (nSPS) is 14.2. The first-order valence-electron chi connectivity index (χ1n) is 11.7. The summed E-state index contributed by atoms with van der Waals surface area (Å²) in [4.78, 5) is 36.7. The average molecular weight is 480 g/mol. The van der Waals surface area contributed by atoms with E-state index in [1.807, 2.05) is 71.2 Å². The molecule has 0 radical (unpaired) electrons. The number of fused-ring (bicyclic) bond motifs is 2. The summed E-state index contributed by atoms with van der Waals surface area (Å²) in [5.41, 5.74) is 2.53. The summed E-state index contributed by atoms with van der Waals surface area (Å²) >= 11 is 0. The van der Waals surface area contributed by atoms with E-state index in [-0.39, 0.29) is 24.8 Å². The lowest BCUT2D eigenvalue weighted by Gasteiger charge is -2.26. The summed E-state index contributed by atoms with van der Waals surface area (Å²) in [7, 11) is 0. The lowest BCUT2D eigenvalue weighted by atomic mass is 10.0. The maximum atomic E-state index is 13.4. The fourth-order valence-electron chi connectivity index (χ4n) is 4.32. The van der Waals surface area contributed by atoms with Gasteiger partial charge in [0.25, 0.3) is 5.91 Å². The van der Waals surface area contributed by atoms with E-state index >= 15 is 0 Å². The number of aryl methyl sites for hydroxylation is 2. The van der Waals surface area contributed by atoms with E-state index in [1.54, 1.807) is 17.2 Å². The Bertz CT molecular complexity index is 1290. The van der Waals surface area contributed by atoms with E-state index in [1.165, 1.54) is 0 Å². The van der Waals surface area contributed by atoms with Gasteiger partial charge in [0.1, 0.15) is 18.0 Å². The third-order valence-electron chi connectivity index (χ3n) is 5.85. The van der Waals surface area contributed by atoms with Crippen molar-refractivity contribution in [2.45, 2.75) is 66.2 Å². The van der Waals surface area contributed by atoms with Gasteiger partial charge < -0.3 is 24.1 Å². The number of imidazole rings is 1. The first-order valence-corrected chi connectivity index (χ1v) is 11.7. The van der Waals surface area contributed by atoms with E-state index in [9.17, 15) is 9.59 Å². The summed E-state index contributed by atoms with van der Waals surface area (Å²) in [5, 5.41) is 3.08. The molecule has 0 bridgehead atoms. The van der Waals surface area contributed by atoms with Gasteiger partial charge >= 0.3 is 6.09 Å². The first kappa shape index (κ1) is 24.5. The highest BCUT2D eigenvalue weighted by molar-refractivity contribution is 5.96. The minimum Gasteiger partial charge on any atom is -0.489 e. The maximum absolute atomic E-state index is 13.4. The molecule has 0 aliphatic carbocycles. The number of pyridine rings is 2. The Kier molecular flexibility index (Phi) is 6.21. The number of hydrogen-bond acceptors (Lipinski definition) is 6. The molecule has 0 saturated heterocycles. The monoisotopic (exact) mass is 479 g/mol. The van der Waals surface area contributed by atoms with Crippen molar-refractivity contribution in [2.75, 3.05) is 13.2 Å². The molecule has 0 atom stereocenters. The Hall–Kier alpha value is -3.62. The number of nitrogens with zero attached hydrogens (tertiary/aromatic N) is 4. The second kappa shape index (κ2) is 8.87. The number of ether oxygens (including phenoxy) is 2. The Balaban J connectivity index is 1.61. The van der Waals surface area contributed by atoms with Crippen LogP contribution >= 0.6 is 0 Å². The van der Waals surface area contributed by atoms with Crippen LogP contribution in [0.1, 0.15) is 67.8 Å². The minimum absolute atomic E-state index is 0.176. The lowest BCUT2D eigenvalue weighted by molar-refractivity contribution is 0.0225. The quantitative estimate of drug-likeness (QED) is 0.606. The van der Waals surface area contributed by atoms with Gasteiger partial charge in [-0.1, -0.05) is 6.07 Å². The van der Waals surface area contributed by atoms with Crippen LogP contribution in [0.4, 0.5) is 4.79 Å². The number of carbonyl (C=O) groups is 2. The van der Waals surface area contributed by atoms with Crippen LogP contribution < -0.4 is 10.1 Å². The van der Waals surface area contributed by atoms with Gasteiger partial charge in [0, 0.05) is 18.0 Å². The Morgan fingerprint density at radius 3 is 2.60 bits per heavy atom. The summed E-state index contributed by atoms with van der Waals surface area (Å²) in [6.07, 6.45) is 3.09. The molecule has 2 amide bonds. The van der Waals surface area contributed by atoms with Gasteiger partial charge in [-0.3, -0.25) is 4.79 Å². The highest BCUT2D eigenvalue weighted by atomic mass is 16.6. The number of rotatable bonds is 3. The first-order chi connectivity index (χ1) is 16.4. The highest BCUT2D eigenvalue weighted by Crippen LogP contribution is 2.29. The van der Waals surface area contributed by atoms with Gasteiger partial charge in [-0.15, -0.1) is 0 Å². The van der Waals surface area contributed by atoms with E-state index in [0.29, 0.717) is 17.9 Å². The number of nitrogens with one attached hydrogen (secondary N) is 1. The van der Waals surface area contributed by atoms with E-state index in [0.717, 1.165) is 22.6 Å². The van der Waals surface area contributed by atoms with Crippen LogP contribution in [0.2, 0.25) is 0 Å². The van der Waals surface area contributed by atoms with Crippen LogP contribution in [0.25, 0.3) is 5.52 Å². The van der Waals surface area contributed by atoms with Gasteiger partial charge in [-0.2, -0.15) is 0 Å². The number of aromatic nitrogens is 3. The Morgan fingerprint density at radius 1 is 1.14 bits per heavy atom. The van der Waals surface area contributed by atoms with Gasteiger partial charge in [-0.25, -0.2) is 14.8 Å². The van der Waals surface area contributed by atoms with Crippen molar-refractivity contribution in [3.05, 3.63) is 58.9 Å². The van der Waals surface area contributed by atoms with Crippen LogP contribution in [-0.4, -0.2) is 50.0 Å². The van der Waals surface area contributed by atoms with E-state index in [4.69, 9.17) is 14.5 Å². The van der Waals surface area contributed by atoms with Gasteiger partial charge in [0.15, 0.2) is 11.4 Å². The molecule has 9 nitrogen and oxygen atoms in total. The van der Waals surface area contributed by atoms with Crippen molar-refractivity contribution in [1.29, 1.82) is 0 Å². The van der Waals surface area contributed by atoms with Crippen molar-refractivity contribution in [2.24, 2.45) is 0 Å². The van der Waals surface area contributed by atoms with Crippen molar-refractivity contribution >= 4 is 17.5 Å². The topological polar surface area (TPSA) is 98.1 Å². The maximum Gasteiger partial charge on any atom is 0.410 e. The van der Waals surface area contributed by atoms with Crippen LogP contribution in [0, 0.1) is 13.8 Å². The molecule has 0 unspecified atom stereocenters. The molecule has 1 aliphatic rings. The lowest BCUT2D eigenvalue weighted by Crippen LogP contribution is -2.43. The largest absolute Gasteiger partial charge is 0.489 e. The predicted molar refractivity (Wildman–Crippen MR) is 132 cm³/mol. The molecule has 0 spiro atoms. The SMILES string of the molecule is Cc1cccn2c(C(C)(C)NC(=O)c3nccc4c3OCCN(C(=O)OC(C)(C)C)C4)nc(C)c12. The number of hydrogen-bond donors (Lipinski definition) is 1. The smallest absolute Gasteiger partial charge is 0.410 e. The average Bonchev–Trinajstić information content (AvgIpc) is 2.96. The third kappa shape index (κ3) is 4.94. The molecule has 1 N–H and O–H groups in total. The van der Waals surface area contributed by atoms with Gasteiger partial charge in [0.05, 0.1) is 29.8 Å². The summed E-state index contributed by atoms with van der Waals surface area (Å²) < 4.78 is 13.5. The molecule has 0 aromatic carbocycles. The van der Waals surface area contributed by atoms with Crippen LogP contribution in [0.3, 0.4) is 0 Å². The zero-order valence-corrected chi connectivity index (χ0v) is 21.4. The molecule has 4 rings (SSSR count). The van der Waals surface area contributed by atoms with Crippen LogP contribution in [0.15, 0.2) is 30.6 Å². The fourth-order valence-corrected chi connectivity index (χ4v) is 4.32. The predicted octanol–water partition coefficient (Wildman–Crippen LogP) is 4.14. The molecular weight excluding hydrogens is 446 g/mol. The second-order valence-electron chi connectivity index (χ2n) is 10.4. The molecule has 0 saturated carbocycles. The Labute approximate surface area is 205 Å². The van der Waals surface area contributed by atoms with Crippen molar-refractivity contribution < 1.29 is 19.1 Å². The van der Waals surface area contributed by atoms with E-state index < -0.39 is 17.2 Å². The Morgan fingerprint density at radius 2 is 1.89 bits per heavy atom. The molecule has 3 aromatic heterocycles. The highest BCUT2D eigenvalue weighted by Gasteiger charge is 2.32. The second-order valence-corrected chi connectivity index (χ2v) is 10.4. The molecule has 1 aliphatic heterocycles. The number of amides is 2. The zero-order chi connectivity index (χ0) is 25.5. The fraction of sp³-hybridized carbons (Fsp3) is 0.462. The van der Waals surface area contributed by atoms with Crippen LogP contribution in [-0.2, 0) is 16.8 Å². The standard InChI is InChI=1S/C26H33N5O4/c1-16-9-8-12-31-20(16)17(2)28-23(31)26(6,7)29-22(32)19-21-18(10-11-27-19)15-30(13-14-34-21)24(33)35-25(3,4)5/h8-12H,13-15H2,1-7H3,(H,29,32). The number of carbonyl (C=O) groups excluding carboxylic acids is 2. The van der Waals surface area contributed by atoms with Gasteiger partial charge in [0.2, 0.25) is 0 Å². The summed E-state index contributed by atoms with van der Waals surface area (Å²) in [5.74, 6) is 0.729. The minimum atomic E-state index is -0.792. The molecule has 3 aromatic rings. The summed E-state index contributed by atoms with van der Waals surface area (Å²) in [6.45, 7) is 14.1. The van der Waals surface area contributed by atoms with Gasteiger partial charge in [-0.05, 0) is 66.2 Å². The third-order valence-corrected chi connectivity index (χ3v) is 5.85. The summed E-state index contributed by atoms with van der Waals surface area (Å²) in [6, 6.07) is 5.77. The van der Waals surface area contributed by atoms with E-state index in [2.05, 4.69) is 10.3 Å². The molecule has 4 heterocycles.